The molecule has 1 aromatic rings. The minimum Gasteiger partial charge on any atom is -0.241 e. The van der Waals surface area contributed by atoms with Crippen LogP contribution in [0.15, 0.2) is 10.9 Å². The largest absolute Gasteiger partial charge is 0.241 e. The van der Waals surface area contributed by atoms with Gasteiger partial charge < -0.3 is 0 Å². The Balaban J connectivity index is 2.42. The number of hydrogen-bond acceptors (Lipinski definition) is 2. The molecule has 0 unspecified atom stereocenters. The topological polar surface area (TPSA) is 25.8 Å². The van der Waals surface area contributed by atoms with E-state index in [9.17, 15) is 0 Å². The third-order valence-electron chi connectivity index (χ3n) is 2.32. The zero-order valence-electron chi connectivity index (χ0n) is 6.89. The number of fused-ring (bicyclic) bond motifs is 1. The fourth-order valence-corrected chi connectivity index (χ4v) is 2.18. The van der Waals surface area contributed by atoms with Crippen molar-refractivity contribution in [2.75, 3.05) is 0 Å². The molecule has 1 heterocycles. The summed E-state index contributed by atoms with van der Waals surface area (Å²) in [5.74, 6) is 0. The Morgan fingerprint density at radius 3 is 2.83 bits per heavy atom. The second-order valence-electron chi connectivity index (χ2n) is 3.15. The molecule has 3 heteroatoms. The molecule has 1 aliphatic carbocycles. The maximum absolute atomic E-state index is 4.30. The Morgan fingerprint density at radius 2 is 1.92 bits per heavy atom. The van der Waals surface area contributed by atoms with Crippen LogP contribution in [0, 0.1) is 0 Å². The Hall–Kier alpha value is -0.440. The summed E-state index contributed by atoms with van der Waals surface area (Å²) in [5, 5.41) is 0. The lowest BCUT2D eigenvalue weighted by atomic mass is 10.1. The van der Waals surface area contributed by atoms with Gasteiger partial charge in [-0.2, -0.15) is 0 Å². The number of halogens is 1. The standard InChI is InChI=1S/C9H11BrN2/c10-9-7-4-2-1-3-5-8(7)11-6-12-9/h6H,1-5H2. The Bertz CT molecular complexity index is 286. The monoisotopic (exact) mass is 226 g/mol. The lowest BCUT2D eigenvalue weighted by molar-refractivity contribution is 0.708. The quantitative estimate of drug-likeness (QED) is 0.502. The second kappa shape index (κ2) is 3.52. The fourth-order valence-electron chi connectivity index (χ4n) is 1.66. The summed E-state index contributed by atoms with van der Waals surface area (Å²) in [6.07, 6.45) is 7.78. The molecule has 12 heavy (non-hydrogen) atoms. The van der Waals surface area contributed by atoms with E-state index in [0.29, 0.717) is 0 Å². The molecule has 0 saturated carbocycles. The highest BCUT2D eigenvalue weighted by atomic mass is 79.9. The Morgan fingerprint density at radius 1 is 1.08 bits per heavy atom. The summed E-state index contributed by atoms with van der Waals surface area (Å²) >= 11 is 3.47. The summed E-state index contributed by atoms with van der Waals surface area (Å²) in [6, 6.07) is 0. The van der Waals surface area contributed by atoms with Crippen molar-refractivity contribution in [3.63, 3.8) is 0 Å². The van der Waals surface area contributed by atoms with E-state index in [1.54, 1.807) is 6.33 Å². The van der Waals surface area contributed by atoms with Crippen LogP contribution in [-0.2, 0) is 12.8 Å². The number of hydrogen-bond donors (Lipinski definition) is 0. The van der Waals surface area contributed by atoms with Crippen LogP contribution in [0.25, 0.3) is 0 Å². The molecular weight excluding hydrogens is 216 g/mol. The minimum absolute atomic E-state index is 0.995. The van der Waals surface area contributed by atoms with Gasteiger partial charge in [-0.05, 0) is 41.6 Å². The summed E-state index contributed by atoms with van der Waals surface area (Å²) in [4.78, 5) is 8.44. The smallest absolute Gasteiger partial charge is 0.116 e. The number of rotatable bonds is 0. The van der Waals surface area contributed by atoms with Gasteiger partial charge in [-0.15, -0.1) is 0 Å². The molecule has 2 rings (SSSR count). The summed E-state index contributed by atoms with van der Waals surface area (Å²) in [5.41, 5.74) is 2.57. The number of aryl methyl sites for hydroxylation is 1. The van der Waals surface area contributed by atoms with Crippen molar-refractivity contribution < 1.29 is 0 Å². The molecule has 0 amide bonds. The summed E-state index contributed by atoms with van der Waals surface area (Å²) in [6.45, 7) is 0. The zero-order chi connectivity index (χ0) is 8.39. The van der Waals surface area contributed by atoms with Gasteiger partial charge in [-0.1, -0.05) is 6.42 Å². The van der Waals surface area contributed by atoms with Crippen molar-refractivity contribution in [3.8, 4) is 0 Å². The van der Waals surface area contributed by atoms with E-state index in [-0.39, 0.29) is 0 Å². The van der Waals surface area contributed by atoms with Crippen LogP contribution in [0.1, 0.15) is 30.5 Å². The Labute approximate surface area is 80.6 Å². The Kier molecular flexibility index (Phi) is 2.40. The van der Waals surface area contributed by atoms with Crippen LogP contribution in [0.3, 0.4) is 0 Å². The molecular formula is C9H11BrN2. The van der Waals surface area contributed by atoms with E-state index in [1.165, 1.54) is 30.5 Å². The average Bonchev–Trinajstić information content (AvgIpc) is 2.30. The molecule has 0 saturated heterocycles. The molecule has 0 atom stereocenters. The van der Waals surface area contributed by atoms with E-state index in [4.69, 9.17) is 0 Å². The van der Waals surface area contributed by atoms with Crippen LogP contribution in [0.5, 0.6) is 0 Å². The first-order chi connectivity index (χ1) is 5.88. The fraction of sp³-hybridized carbons (Fsp3) is 0.556. The van der Waals surface area contributed by atoms with Gasteiger partial charge in [0.15, 0.2) is 0 Å². The number of nitrogens with zero attached hydrogens (tertiary/aromatic N) is 2. The molecule has 0 N–H and O–H groups in total. The predicted octanol–water partition coefficient (Wildman–Crippen LogP) is 2.51. The molecule has 0 aliphatic heterocycles. The van der Waals surface area contributed by atoms with Crippen molar-refractivity contribution in [2.45, 2.75) is 32.1 Å². The maximum atomic E-state index is 4.30. The minimum atomic E-state index is 0.995. The van der Waals surface area contributed by atoms with Gasteiger partial charge in [0, 0.05) is 11.3 Å². The van der Waals surface area contributed by atoms with Gasteiger partial charge in [0.05, 0.1) is 0 Å². The molecule has 0 bridgehead atoms. The van der Waals surface area contributed by atoms with Crippen LogP contribution in [0.4, 0.5) is 0 Å². The highest BCUT2D eigenvalue weighted by Gasteiger charge is 2.11. The molecule has 0 spiro atoms. The van der Waals surface area contributed by atoms with Crippen LogP contribution >= 0.6 is 15.9 Å². The SMILES string of the molecule is Brc1ncnc2c1CCCCC2. The van der Waals surface area contributed by atoms with Crippen LogP contribution in [0.2, 0.25) is 0 Å². The zero-order valence-corrected chi connectivity index (χ0v) is 8.47. The van der Waals surface area contributed by atoms with Gasteiger partial charge in [0.1, 0.15) is 10.9 Å². The molecule has 64 valence electrons. The van der Waals surface area contributed by atoms with Gasteiger partial charge in [-0.3, -0.25) is 0 Å². The van der Waals surface area contributed by atoms with E-state index in [1.807, 2.05) is 0 Å². The first-order valence-electron chi connectivity index (χ1n) is 4.36. The normalized spacial score (nSPS) is 16.8. The van der Waals surface area contributed by atoms with Crippen LogP contribution < -0.4 is 0 Å². The van der Waals surface area contributed by atoms with Crippen molar-refractivity contribution >= 4 is 15.9 Å². The average molecular weight is 227 g/mol. The number of aromatic nitrogens is 2. The summed E-state index contributed by atoms with van der Waals surface area (Å²) in [7, 11) is 0. The first-order valence-corrected chi connectivity index (χ1v) is 5.15. The van der Waals surface area contributed by atoms with Gasteiger partial charge in [-0.25, -0.2) is 9.97 Å². The lowest BCUT2D eigenvalue weighted by Gasteiger charge is -2.04. The summed E-state index contributed by atoms with van der Waals surface area (Å²) < 4.78 is 0.995. The van der Waals surface area contributed by atoms with Gasteiger partial charge in [0.2, 0.25) is 0 Å². The highest BCUT2D eigenvalue weighted by Crippen LogP contribution is 2.23. The first kappa shape index (κ1) is 8.17. The van der Waals surface area contributed by atoms with E-state index >= 15 is 0 Å². The second-order valence-corrected chi connectivity index (χ2v) is 3.90. The molecule has 0 radical (unpaired) electrons. The maximum Gasteiger partial charge on any atom is 0.116 e. The van der Waals surface area contributed by atoms with Gasteiger partial charge >= 0.3 is 0 Å². The van der Waals surface area contributed by atoms with Crippen molar-refractivity contribution in [3.05, 3.63) is 22.2 Å². The van der Waals surface area contributed by atoms with E-state index in [0.717, 1.165) is 17.4 Å². The molecule has 0 fully saturated rings. The molecule has 2 nitrogen and oxygen atoms in total. The van der Waals surface area contributed by atoms with Crippen molar-refractivity contribution in [2.24, 2.45) is 0 Å². The third-order valence-corrected chi connectivity index (χ3v) is 3.01. The van der Waals surface area contributed by atoms with E-state index in [2.05, 4.69) is 25.9 Å². The molecule has 1 aliphatic rings. The van der Waals surface area contributed by atoms with Crippen molar-refractivity contribution in [1.82, 2.24) is 9.97 Å². The predicted molar refractivity (Wildman–Crippen MR) is 51.0 cm³/mol. The molecule has 1 aromatic heterocycles. The third kappa shape index (κ3) is 1.51. The lowest BCUT2D eigenvalue weighted by Crippen LogP contribution is -1.97. The van der Waals surface area contributed by atoms with Gasteiger partial charge in [0.25, 0.3) is 0 Å². The van der Waals surface area contributed by atoms with Crippen LogP contribution in [-0.4, -0.2) is 9.97 Å². The molecule has 0 aromatic carbocycles. The van der Waals surface area contributed by atoms with E-state index < -0.39 is 0 Å². The van der Waals surface area contributed by atoms with Crippen molar-refractivity contribution in [1.29, 1.82) is 0 Å². The highest BCUT2D eigenvalue weighted by molar-refractivity contribution is 9.10.